The van der Waals surface area contributed by atoms with Crippen LogP contribution in [0.25, 0.3) is 10.9 Å². The van der Waals surface area contributed by atoms with E-state index in [0.717, 1.165) is 35.9 Å². The summed E-state index contributed by atoms with van der Waals surface area (Å²) in [7, 11) is 1.93. The van der Waals surface area contributed by atoms with Crippen molar-refractivity contribution in [2.24, 2.45) is 13.0 Å². The molecule has 0 saturated carbocycles. The lowest BCUT2D eigenvalue weighted by Gasteiger charge is -2.30. The molecule has 3 rings (SSSR count). The second-order valence-electron chi connectivity index (χ2n) is 8.14. The van der Waals surface area contributed by atoms with Crippen molar-refractivity contribution in [3.8, 4) is 0 Å². The van der Waals surface area contributed by atoms with E-state index in [1.54, 1.807) is 6.07 Å². The molecule has 136 valence electrons. The van der Waals surface area contributed by atoms with E-state index >= 15 is 0 Å². The van der Waals surface area contributed by atoms with Crippen molar-refractivity contribution in [1.29, 1.82) is 0 Å². The maximum atomic E-state index is 13.5. The van der Waals surface area contributed by atoms with Gasteiger partial charge in [-0.2, -0.15) is 0 Å². The summed E-state index contributed by atoms with van der Waals surface area (Å²) in [5.41, 5.74) is 1.53. The first-order valence-electron chi connectivity index (χ1n) is 8.89. The molecule has 1 aromatic carbocycles. The molecule has 1 aliphatic rings. The van der Waals surface area contributed by atoms with Gasteiger partial charge in [-0.1, -0.05) is 6.92 Å². The van der Waals surface area contributed by atoms with Gasteiger partial charge in [-0.05, 0) is 63.3 Å². The molecule has 0 spiro atoms. The number of fused-ring (bicyclic) bond motifs is 1. The Morgan fingerprint density at radius 1 is 1.36 bits per heavy atom. The van der Waals surface area contributed by atoms with Gasteiger partial charge < -0.3 is 14.2 Å². The van der Waals surface area contributed by atoms with Gasteiger partial charge in [-0.3, -0.25) is 0 Å². The predicted octanol–water partition coefficient (Wildman–Crippen LogP) is 4.51. The van der Waals surface area contributed by atoms with Gasteiger partial charge in [0.1, 0.15) is 11.4 Å². The Morgan fingerprint density at radius 2 is 2.08 bits per heavy atom. The summed E-state index contributed by atoms with van der Waals surface area (Å²) < 4.78 is 21.1. The molecule has 1 aliphatic heterocycles. The highest BCUT2D eigenvalue weighted by Crippen LogP contribution is 2.31. The molecule has 0 N–H and O–H groups in total. The normalized spacial score (nSPS) is 21.1. The highest BCUT2D eigenvalue weighted by Gasteiger charge is 2.37. The first-order chi connectivity index (χ1) is 11.7. The van der Waals surface area contributed by atoms with Crippen LogP contribution in [0.5, 0.6) is 0 Å². The van der Waals surface area contributed by atoms with Crippen LogP contribution in [0.4, 0.5) is 9.18 Å². The molecule has 0 aliphatic carbocycles. The van der Waals surface area contributed by atoms with Gasteiger partial charge in [0, 0.05) is 31.2 Å². The number of carbonyl (C=O) groups is 1. The third-order valence-electron chi connectivity index (χ3n) is 4.97. The Kier molecular flexibility index (Phi) is 4.52. The molecule has 5 heteroatoms. The van der Waals surface area contributed by atoms with Crippen molar-refractivity contribution in [2.75, 3.05) is 6.54 Å². The van der Waals surface area contributed by atoms with Crippen molar-refractivity contribution in [1.82, 2.24) is 9.47 Å². The van der Waals surface area contributed by atoms with Crippen molar-refractivity contribution in [2.45, 2.75) is 52.2 Å². The summed E-state index contributed by atoms with van der Waals surface area (Å²) >= 11 is 0. The molecule has 4 nitrogen and oxygen atoms in total. The highest BCUT2D eigenvalue weighted by atomic mass is 19.1. The summed E-state index contributed by atoms with van der Waals surface area (Å²) in [6.07, 6.45) is 3.53. The van der Waals surface area contributed by atoms with Gasteiger partial charge in [-0.25, -0.2) is 9.18 Å². The van der Waals surface area contributed by atoms with Crippen LogP contribution in [0.15, 0.2) is 24.4 Å². The lowest BCUT2D eigenvalue weighted by atomic mass is 9.95. The van der Waals surface area contributed by atoms with Gasteiger partial charge in [0.05, 0.1) is 5.52 Å². The number of hydrogen-bond donors (Lipinski definition) is 0. The maximum Gasteiger partial charge on any atom is 0.410 e. The van der Waals surface area contributed by atoms with Crippen LogP contribution in [0.1, 0.15) is 39.7 Å². The number of benzene rings is 1. The SMILES string of the molecule is C[C@H]1CCN(C(=O)OC(C)(C)C)C1Cc1cn(C)c2cc(F)ccc12. The van der Waals surface area contributed by atoms with E-state index in [2.05, 4.69) is 6.92 Å². The minimum absolute atomic E-state index is 0.102. The number of rotatable bonds is 2. The van der Waals surface area contributed by atoms with Crippen LogP contribution < -0.4 is 0 Å². The molecular formula is C20H27FN2O2. The Bertz CT molecular complexity index is 791. The molecule has 0 bridgehead atoms. The minimum Gasteiger partial charge on any atom is -0.444 e. The topological polar surface area (TPSA) is 34.5 Å². The lowest BCUT2D eigenvalue weighted by Crippen LogP contribution is -2.42. The molecule has 1 fully saturated rings. The quantitative estimate of drug-likeness (QED) is 0.802. The maximum absolute atomic E-state index is 13.5. The molecule has 2 heterocycles. The van der Waals surface area contributed by atoms with Gasteiger partial charge in [-0.15, -0.1) is 0 Å². The molecule has 1 unspecified atom stereocenters. The fourth-order valence-corrected chi connectivity index (χ4v) is 3.70. The van der Waals surface area contributed by atoms with Crippen molar-refractivity contribution in [3.63, 3.8) is 0 Å². The number of likely N-dealkylation sites (tertiary alicyclic amines) is 1. The van der Waals surface area contributed by atoms with E-state index in [9.17, 15) is 9.18 Å². The predicted molar refractivity (Wildman–Crippen MR) is 97.1 cm³/mol. The zero-order valence-electron chi connectivity index (χ0n) is 15.7. The first-order valence-corrected chi connectivity index (χ1v) is 8.89. The number of nitrogens with zero attached hydrogens (tertiary/aromatic N) is 2. The number of aromatic nitrogens is 1. The molecule has 1 saturated heterocycles. The lowest BCUT2D eigenvalue weighted by molar-refractivity contribution is 0.0211. The van der Waals surface area contributed by atoms with Crippen LogP contribution in [0, 0.1) is 11.7 Å². The first kappa shape index (κ1) is 17.8. The molecule has 2 atom stereocenters. The summed E-state index contributed by atoms with van der Waals surface area (Å²) in [6, 6.07) is 4.99. The van der Waals surface area contributed by atoms with E-state index in [4.69, 9.17) is 4.74 Å². The Morgan fingerprint density at radius 3 is 2.76 bits per heavy atom. The molecule has 25 heavy (non-hydrogen) atoms. The average molecular weight is 346 g/mol. The molecule has 0 radical (unpaired) electrons. The Balaban J connectivity index is 1.86. The monoisotopic (exact) mass is 346 g/mol. The van der Waals surface area contributed by atoms with Gasteiger partial charge in [0.15, 0.2) is 0 Å². The second kappa shape index (κ2) is 6.36. The van der Waals surface area contributed by atoms with E-state index in [1.165, 1.54) is 6.07 Å². The number of hydrogen-bond acceptors (Lipinski definition) is 2. The van der Waals surface area contributed by atoms with Crippen LogP contribution in [0.3, 0.4) is 0 Å². The summed E-state index contributed by atoms with van der Waals surface area (Å²) in [6.45, 7) is 8.57. The zero-order valence-corrected chi connectivity index (χ0v) is 15.7. The van der Waals surface area contributed by atoms with E-state index in [-0.39, 0.29) is 18.0 Å². The molecule has 1 aromatic heterocycles. The number of aryl methyl sites for hydroxylation is 1. The number of halogens is 1. The van der Waals surface area contributed by atoms with Crippen molar-refractivity contribution >= 4 is 17.0 Å². The summed E-state index contributed by atoms with van der Waals surface area (Å²) in [5, 5.41) is 1.05. The van der Waals surface area contributed by atoms with E-state index in [1.807, 2.05) is 49.5 Å². The second-order valence-corrected chi connectivity index (χ2v) is 8.14. The fraction of sp³-hybridized carbons (Fsp3) is 0.550. The Hall–Kier alpha value is -2.04. The van der Waals surface area contributed by atoms with Gasteiger partial charge in [0.2, 0.25) is 0 Å². The third kappa shape index (κ3) is 3.65. The molecular weight excluding hydrogens is 319 g/mol. The van der Waals surface area contributed by atoms with Crippen molar-refractivity contribution < 1.29 is 13.9 Å². The highest BCUT2D eigenvalue weighted by molar-refractivity contribution is 5.84. The van der Waals surface area contributed by atoms with E-state index < -0.39 is 5.60 Å². The standard InChI is InChI=1S/C20H27FN2O2/c1-13-8-9-23(19(24)25-20(2,3)4)17(13)10-14-12-22(5)18-11-15(21)6-7-16(14)18/h6-7,11-13,17H,8-10H2,1-5H3/t13-,17?/m0/s1. The van der Waals surface area contributed by atoms with Crippen LogP contribution in [0.2, 0.25) is 0 Å². The minimum atomic E-state index is -0.496. The van der Waals surface area contributed by atoms with E-state index in [0.29, 0.717) is 5.92 Å². The van der Waals surface area contributed by atoms with Crippen LogP contribution >= 0.6 is 0 Å². The third-order valence-corrected chi connectivity index (χ3v) is 4.97. The Labute approximate surface area is 148 Å². The smallest absolute Gasteiger partial charge is 0.410 e. The number of carbonyl (C=O) groups excluding carboxylic acids is 1. The number of amides is 1. The van der Waals surface area contributed by atoms with Gasteiger partial charge >= 0.3 is 6.09 Å². The van der Waals surface area contributed by atoms with Crippen LogP contribution in [-0.4, -0.2) is 33.7 Å². The zero-order chi connectivity index (χ0) is 18.4. The van der Waals surface area contributed by atoms with Gasteiger partial charge in [0.25, 0.3) is 0 Å². The van der Waals surface area contributed by atoms with Crippen LogP contribution in [-0.2, 0) is 18.2 Å². The fourth-order valence-electron chi connectivity index (χ4n) is 3.70. The number of ether oxygens (including phenoxy) is 1. The van der Waals surface area contributed by atoms with Crippen molar-refractivity contribution in [3.05, 3.63) is 35.8 Å². The summed E-state index contributed by atoms with van der Waals surface area (Å²) in [5.74, 6) is 0.174. The molecule has 1 amide bonds. The molecule has 2 aromatic rings. The largest absolute Gasteiger partial charge is 0.444 e. The average Bonchev–Trinajstić information content (AvgIpc) is 3.00. The summed E-state index contributed by atoms with van der Waals surface area (Å²) in [4.78, 5) is 14.4.